The maximum absolute atomic E-state index is 12.9. The Morgan fingerprint density at radius 1 is 1.28 bits per heavy atom. The van der Waals surface area contributed by atoms with Gasteiger partial charge in [-0.2, -0.15) is 4.31 Å². The molecule has 0 bridgehead atoms. The van der Waals surface area contributed by atoms with Crippen LogP contribution in [0.4, 0.5) is 5.69 Å². The molecule has 3 heterocycles. The van der Waals surface area contributed by atoms with Crippen LogP contribution in [-0.4, -0.2) is 53.4 Å². The van der Waals surface area contributed by atoms with Gasteiger partial charge >= 0.3 is 0 Å². The van der Waals surface area contributed by atoms with Gasteiger partial charge in [0.25, 0.3) is 0 Å². The summed E-state index contributed by atoms with van der Waals surface area (Å²) in [7, 11) is 5.15. The lowest BCUT2D eigenvalue weighted by Gasteiger charge is -2.29. The Labute approximate surface area is 181 Å². The first-order chi connectivity index (χ1) is 14.0. The average molecular weight is 450 g/mol. The fraction of sp³-hybridized carbons (Fsp3) is 0.350. The molecule has 4 rings (SSSR count). The van der Waals surface area contributed by atoms with E-state index < -0.39 is 11.4 Å². The summed E-state index contributed by atoms with van der Waals surface area (Å²) in [4.78, 5) is 8.23. The quantitative estimate of drug-likeness (QED) is 0.431. The molecule has 1 aromatic carbocycles. The zero-order valence-electron chi connectivity index (χ0n) is 16.7. The highest BCUT2D eigenvalue weighted by Crippen LogP contribution is 2.40. The molecule has 1 N–H and O–H groups in total. The lowest BCUT2D eigenvalue weighted by molar-refractivity contribution is -0.119. The van der Waals surface area contributed by atoms with Crippen molar-refractivity contribution in [3.8, 4) is 0 Å². The highest BCUT2D eigenvalue weighted by atomic mass is 32.2. The van der Waals surface area contributed by atoms with E-state index in [-0.39, 0.29) is 11.0 Å². The smallest absolute Gasteiger partial charge is 0.233 e. The van der Waals surface area contributed by atoms with Gasteiger partial charge in [0.15, 0.2) is 6.29 Å². The van der Waals surface area contributed by atoms with Crippen LogP contribution in [0.5, 0.6) is 0 Å². The normalized spacial score (nSPS) is 20.4. The largest absolute Gasteiger partial charge is 0.587 e. The molecular weight excluding hydrogens is 426 g/mol. The maximum Gasteiger partial charge on any atom is 0.233 e. The van der Waals surface area contributed by atoms with Crippen LogP contribution in [0.1, 0.15) is 12.6 Å². The number of nitrogens with one attached hydrogen (secondary N) is 1. The van der Waals surface area contributed by atoms with Gasteiger partial charge in [0.1, 0.15) is 22.1 Å². The molecule has 2 unspecified atom stereocenters. The molecule has 3 aromatic rings. The molecule has 0 radical (unpaired) electrons. The molecule has 0 spiro atoms. The number of aromatic nitrogens is 1. The van der Waals surface area contributed by atoms with Gasteiger partial charge in [0.05, 0.1) is 29.6 Å². The van der Waals surface area contributed by atoms with Gasteiger partial charge in [-0.3, -0.25) is 4.99 Å². The zero-order valence-corrected chi connectivity index (χ0v) is 19.1. The van der Waals surface area contributed by atoms with Gasteiger partial charge in [-0.05, 0) is 30.5 Å². The Hall–Kier alpha value is -1.49. The number of thiophene rings is 1. The van der Waals surface area contributed by atoms with E-state index in [2.05, 4.69) is 18.0 Å². The Bertz CT molecular complexity index is 1020. The van der Waals surface area contributed by atoms with Gasteiger partial charge in [-0.25, -0.2) is 0 Å². The molecule has 0 aliphatic carbocycles. The van der Waals surface area contributed by atoms with Gasteiger partial charge in [-0.1, -0.05) is 35.2 Å². The van der Waals surface area contributed by atoms with Crippen LogP contribution in [0.2, 0.25) is 0 Å². The van der Waals surface area contributed by atoms with Crippen molar-refractivity contribution in [2.24, 2.45) is 4.99 Å². The molecule has 29 heavy (non-hydrogen) atoms. The molecule has 1 aliphatic rings. The third-order valence-electron chi connectivity index (χ3n) is 4.91. The van der Waals surface area contributed by atoms with Crippen molar-refractivity contribution in [2.45, 2.75) is 22.2 Å². The van der Waals surface area contributed by atoms with Crippen LogP contribution in [0.25, 0.3) is 10.9 Å². The monoisotopic (exact) mass is 449 g/mol. The number of para-hydroxylation sites is 1. The van der Waals surface area contributed by atoms with Gasteiger partial charge < -0.3 is 19.0 Å². The molecule has 1 aliphatic heterocycles. The number of thioether (sulfide) groups is 1. The molecule has 2 aromatic heterocycles. The number of H-pyrrole nitrogens is 1. The minimum atomic E-state index is -1.25. The summed E-state index contributed by atoms with van der Waals surface area (Å²) in [5.74, 6) is 0. The number of aromatic amines is 1. The van der Waals surface area contributed by atoms with Crippen molar-refractivity contribution >= 4 is 56.1 Å². The third kappa shape index (κ3) is 3.83. The summed E-state index contributed by atoms with van der Waals surface area (Å²) in [6.45, 7) is 2.71. The lowest BCUT2D eigenvalue weighted by Crippen LogP contribution is -2.40. The molecule has 0 saturated heterocycles. The molecular formula is C20H23N3O3S3. The first-order valence-corrected chi connectivity index (χ1v) is 11.9. The molecule has 0 saturated carbocycles. The maximum atomic E-state index is 12.9. The van der Waals surface area contributed by atoms with E-state index in [9.17, 15) is 4.55 Å². The second-order valence-electron chi connectivity index (χ2n) is 6.94. The number of anilines is 1. The molecule has 0 fully saturated rings. The lowest BCUT2D eigenvalue weighted by atomic mass is 10.1. The summed E-state index contributed by atoms with van der Waals surface area (Å²) in [5.41, 5.74) is 2.78. The first-order valence-electron chi connectivity index (χ1n) is 9.07. The van der Waals surface area contributed by atoms with Crippen molar-refractivity contribution in [1.29, 1.82) is 0 Å². The second kappa shape index (κ2) is 8.33. The fourth-order valence-electron chi connectivity index (χ4n) is 3.48. The van der Waals surface area contributed by atoms with Crippen LogP contribution >= 0.6 is 23.1 Å². The number of hydrogen-bond acceptors (Lipinski definition) is 7. The number of ether oxygens (including phenoxy) is 2. The minimum Gasteiger partial charge on any atom is -0.587 e. The van der Waals surface area contributed by atoms with Crippen molar-refractivity contribution in [2.75, 3.05) is 32.1 Å². The highest BCUT2D eigenvalue weighted by molar-refractivity contribution is 8.15. The van der Waals surface area contributed by atoms with E-state index in [1.165, 1.54) is 11.3 Å². The summed E-state index contributed by atoms with van der Waals surface area (Å²) < 4.78 is 26.2. The number of methoxy groups -OCH3 is 2. The number of fused-ring (bicyclic) bond motifs is 1. The van der Waals surface area contributed by atoms with Gasteiger partial charge in [0, 0.05) is 25.7 Å². The minimum absolute atomic E-state index is 0.281. The van der Waals surface area contributed by atoms with Crippen molar-refractivity contribution in [1.82, 2.24) is 4.98 Å². The topological polar surface area (TPSA) is 72.9 Å². The van der Waals surface area contributed by atoms with Gasteiger partial charge in [-0.15, -0.1) is 0 Å². The standard InChI is InChI=1S/C20H23N3O3S3/c1-20(19(25-3)26-4)12-21-18(28-20)14-11-13-7-5-8-15(17(13)22-14)23(2)29(24)16-9-6-10-27-16/h5-11,19,22H,12H2,1-4H3. The van der Waals surface area contributed by atoms with E-state index >= 15 is 0 Å². The zero-order chi connectivity index (χ0) is 20.6. The Morgan fingerprint density at radius 3 is 2.76 bits per heavy atom. The SMILES string of the molecule is COC(OC)C1(C)CN=C(c2cc3cccc(N(C)[S+]([O-])c4cccs4)c3[nH]2)S1. The molecule has 9 heteroatoms. The predicted octanol–water partition coefficient (Wildman–Crippen LogP) is 4.26. The number of aliphatic imine (C=N–C) groups is 1. The fourth-order valence-corrected chi connectivity index (χ4v) is 6.76. The van der Waals surface area contributed by atoms with E-state index in [0.29, 0.717) is 6.54 Å². The van der Waals surface area contributed by atoms with E-state index in [1.54, 1.807) is 30.3 Å². The molecule has 6 nitrogen and oxygen atoms in total. The Balaban J connectivity index is 1.64. The van der Waals surface area contributed by atoms with Gasteiger partial charge in [0.2, 0.25) is 4.21 Å². The van der Waals surface area contributed by atoms with E-state index in [1.807, 2.05) is 42.8 Å². The predicted molar refractivity (Wildman–Crippen MR) is 123 cm³/mol. The number of hydrogen-bond donors (Lipinski definition) is 1. The van der Waals surface area contributed by atoms with Crippen LogP contribution < -0.4 is 4.31 Å². The van der Waals surface area contributed by atoms with Crippen molar-refractivity contribution < 1.29 is 14.0 Å². The number of benzene rings is 1. The summed E-state index contributed by atoms with van der Waals surface area (Å²) >= 11 is 1.89. The number of nitrogens with zero attached hydrogens (tertiary/aromatic N) is 2. The van der Waals surface area contributed by atoms with Crippen LogP contribution in [0, 0.1) is 0 Å². The van der Waals surface area contributed by atoms with E-state index in [4.69, 9.17) is 14.5 Å². The average Bonchev–Trinajstić information content (AvgIpc) is 3.46. The summed E-state index contributed by atoms with van der Waals surface area (Å²) in [5, 5.41) is 3.92. The van der Waals surface area contributed by atoms with Crippen LogP contribution in [0.15, 0.2) is 51.0 Å². The van der Waals surface area contributed by atoms with Crippen LogP contribution in [-0.2, 0) is 20.8 Å². The Morgan fingerprint density at radius 2 is 2.07 bits per heavy atom. The van der Waals surface area contributed by atoms with E-state index in [0.717, 1.165) is 31.5 Å². The summed E-state index contributed by atoms with van der Waals surface area (Å²) in [6.07, 6.45) is -0.340. The summed E-state index contributed by atoms with van der Waals surface area (Å²) in [6, 6.07) is 11.9. The van der Waals surface area contributed by atoms with Crippen molar-refractivity contribution in [3.05, 3.63) is 47.5 Å². The molecule has 0 amide bonds. The molecule has 2 atom stereocenters. The number of rotatable bonds is 7. The first kappa shape index (κ1) is 20.8. The second-order valence-corrected chi connectivity index (χ2v) is 11.2. The Kier molecular flexibility index (Phi) is 5.97. The van der Waals surface area contributed by atoms with Crippen molar-refractivity contribution in [3.63, 3.8) is 0 Å². The highest BCUT2D eigenvalue weighted by Gasteiger charge is 2.41. The third-order valence-corrected chi connectivity index (χ3v) is 8.80. The van der Waals surface area contributed by atoms with Crippen LogP contribution in [0.3, 0.4) is 0 Å². The molecule has 154 valence electrons.